The summed E-state index contributed by atoms with van der Waals surface area (Å²) in [6.45, 7) is 8.81. The van der Waals surface area contributed by atoms with Crippen LogP contribution in [0.15, 0.2) is 48.5 Å². The Morgan fingerprint density at radius 1 is 1.00 bits per heavy atom. The minimum Gasteiger partial charge on any atom is -0.352 e. The number of carbonyl (C=O) groups is 1. The van der Waals surface area contributed by atoms with Crippen LogP contribution in [0.25, 0.3) is 0 Å². The van der Waals surface area contributed by atoms with Crippen LogP contribution in [0.3, 0.4) is 0 Å². The van der Waals surface area contributed by atoms with Crippen LogP contribution in [0, 0.1) is 0 Å². The van der Waals surface area contributed by atoms with Crippen LogP contribution in [0.2, 0.25) is 0 Å². The Hall–Kier alpha value is -2.34. The van der Waals surface area contributed by atoms with Gasteiger partial charge in [-0.15, -0.1) is 0 Å². The number of hydrogen-bond donors (Lipinski definition) is 2. The van der Waals surface area contributed by atoms with Gasteiger partial charge in [-0.1, -0.05) is 57.2 Å². The summed E-state index contributed by atoms with van der Waals surface area (Å²) in [7, 11) is -3.31. The maximum atomic E-state index is 12.4. The molecule has 0 aliphatic carbocycles. The average molecular weight is 389 g/mol. The van der Waals surface area contributed by atoms with E-state index in [9.17, 15) is 13.2 Å². The molecule has 2 aromatic rings. The van der Waals surface area contributed by atoms with E-state index in [-0.39, 0.29) is 17.2 Å². The van der Waals surface area contributed by atoms with Gasteiger partial charge in [0, 0.05) is 12.2 Å². The van der Waals surface area contributed by atoms with Gasteiger partial charge in [0.2, 0.25) is 15.9 Å². The summed E-state index contributed by atoms with van der Waals surface area (Å²) in [5.74, 6) is -0.398. The summed E-state index contributed by atoms with van der Waals surface area (Å²) < 4.78 is 24.9. The van der Waals surface area contributed by atoms with Gasteiger partial charge in [0.15, 0.2) is 0 Å². The predicted molar refractivity (Wildman–Crippen MR) is 110 cm³/mol. The number of anilines is 1. The Morgan fingerprint density at radius 2 is 1.56 bits per heavy atom. The van der Waals surface area contributed by atoms with E-state index >= 15 is 0 Å². The van der Waals surface area contributed by atoms with Crippen LogP contribution in [-0.2, 0) is 26.8 Å². The smallest absolute Gasteiger partial charge is 0.229 e. The molecule has 0 radical (unpaired) electrons. The maximum Gasteiger partial charge on any atom is 0.229 e. The van der Waals surface area contributed by atoms with E-state index in [2.05, 4.69) is 42.9 Å². The molecule has 27 heavy (non-hydrogen) atoms. The van der Waals surface area contributed by atoms with Gasteiger partial charge in [-0.25, -0.2) is 8.42 Å². The average Bonchev–Trinajstić information content (AvgIpc) is 2.58. The van der Waals surface area contributed by atoms with E-state index in [4.69, 9.17) is 0 Å². The van der Waals surface area contributed by atoms with E-state index in [0.29, 0.717) is 12.2 Å². The first-order chi connectivity index (χ1) is 12.5. The van der Waals surface area contributed by atoms with Crippen molar-refractivity contribution in [1.82, 2.24) is 5.32 Å². The molecule has 1 unspecified atom stereocenters. The molecule has 146 valence electrons. The summed E-state index contributed by atoms with van der Waals surface area (Å²) in [4.78, 5) is 12.4. The monoisotopic (exact) mass is 388 g/mol. The molecule has 0 spiro atoms. The Labute approximate surface area is 162 Å². The molecule has 0 bridgehead atoms. The first-order valence-electron chi connectivity index (χ1n) is 8.90. The molecule has 2 aromatic carbocycles. The van der Waals surface area contributed by atoms with E-state index in [1.165, 1.54) is 5.56 Å². The van der Waals surface area contributed by atoms with Crippen molar-refractivity contribution >= 4 is 21.6 Å². The van der Waals surface area contributed by atoms with Crippen molar-refractivity contribution in [1.29, 1.82) is 0 Å². The molecule has 2 rings (SSSR count). The van der Waals surface area contributed by atoms with Crippen LogP contribution in [0.4, 0.5) is 5.69 Å². The van der Waals surface area contributed by atoms with Gasteiger partial charge in [0.1, 0.15) is 0 Å². The highest BCUT2D eigenvalue weighted by Crippen LogP contribution is 2.22. The molecule has 0 fully saturated rings. The van der Waals surface area contributed by atoms with Gasteiger partial charge < -0.3 is 5.32 Å². The Kier molecular flexibility index (Phi) is 6.31. The van der Waals surface area contributed by atoms with Crippen LogP contribution in [0.1, 0.15) is 50.3 Å². The first-order valence-corrected chi connectivity index (χ1v) is 10.8. The van der Waals surface area contributed by atoms with Crippen LogP contribution < -0.4 is 10.0 Å². The Bertz CT molecular complexity index is 881. The highest BCUT2D eigenvalue weighted by atomic mass is 32.2. The van der Waals surface area contributed by atoms with Crippen molar-refractivity contribution in [2.75, 3.05) is 11.0 Å². The highest BCUT2D eigenvalue weighted by molar-refractivity contribution is 7.92. The summed E-state index contributed by atoms with van der Waals surface area (Å²) >= 11 is 0. The molecule has 6 heteroatoms. The van der Waals surface area contributed by atoms with Gasteiger partial charge in [0.05, 0.1) is 12.2 Å². The molecule has 0 heterocycles. The van der Waals surface area contributed by atoms with Gasteiger partial charge in [0.25, 0.3) is 0 Å². The van der Waals surface area contributed by atoms with E-state index in [1.807, 2.05) is 19.1 Å². The lowest BCUT2D eigenvalue weighted by molar-refractivity contribution is -0.122. The number of amides is 1. The number of benzene rings is 2. The molecule has 0 aliphatic rings. The third kappa shape index (κ3) is 6.40. The first kappa shape index (κ1) is 21.0. The fraction of sp³-hybridized carbons (Fsp3) is 0.381. The minimum atomic E-state index is -3.31. The molecule has 0 saturated heterocycles. The fourth-order valence-electron chi connectivity index (χ4n) is 2.67. The normalized spacial score (nSPS) is 13.1. The lowest BCUT2D eigenvalue weighted by Gasteiger charge is -2.19. The largest absolute Gasteiger partial charge is 0.352 e. The zero-order valence-electron chi connectivity index (χ0n) is 16.5. The molecule has 0 saturated carbocycles. The minimum absolute atomic E-state index is 0.0706. The molecule has 0 aromatic heterocycles. The van der Waals surface area contributed by atoms with E-state index in [1.54, 1.807) is 24.3 Å². The number of carbonyl (C=O) groups excluding carboxylic acids is 1. The predicted octanol–water partition coefficient (Wildman–Crippen LogP) is 3.78. The lowest BCUT2D eigenvalue weighted by Crippen LogP contribution is -2.27. The van der Waals surface area contributed by atoms with E-state index < -0.39 is 10.0 Å². The third-order valence-electron chi connectivity index (χ3n) is 4.39. The number of sulfonamides is 1. The fourth-order valence-corrected chi connectivity index (χ4v) is 3.23. The Morgan fingerprint density at radius 3 is 2.04 bits per heavy atom. The van der Waals surface area contributed by atoms with Crippen LogP contribution in [0.5, 0.6) is 0 Å². The molecule has 1 amide bonds. The van der Waals surface area contributed by atoms with Gasteiger partial charge >= 0.3 is 0 Å². The van der Waals surface area contributed by atoms with Crippen molar-refractivity contribution in [2.24, 2.45) is 0 Å². The van der Waals surface area contributed by atoms with Gasteiger partial charge in [-0.2, -0.15) is 0 Å². The highest BCUT2D eigenvalue weighted by Gasteiger charge is 2.16. The quantitative estimate of drug-likeness (QED) is 0.791. The van der Waals surface area contributed by atoms with Crippen molar-refractivity contribution in [3.63, 3.8) is 0 Å². The van der Waals surface area contributed by atoms with Crippen molar-refractivity contribution in [3.05, 3.63) is 65.2 Å². The molecule has 2 N–H and O–H groups in total. The number of hydrogen-bond acceptors (Lipinski definition) is 3. The van der Waals surface area contributed by atoms with Crippen LogP contribution >= 0.6 is 0 Å². The number of nitrogens with one attached hydrogen (secondary N) is 2. The number of rotatable bonds is 6. The second kappa shape index (κ2) is 8.13. The maximum absolute atomic E-state index is 12.4. The summed E-state index contributed by atoms with van der Waals surface area (Å²) in [5.41, 5.74) is 3.72. The van der Waals surface area contributed by atoms with Gasteiger partial charge in [-0.3, -0.25) is 9.52 Å². The molecular formula is C21H28N2O3S. The SMILES string of the molecule is CC(C(=O)NCc1ccc(C(C)(C)C)cc1)c1ccc(NS(C)(=O)=O)cc1. The molecular weight excluding hydrogens is 360 g/mol. The standard InChI is InChI=1S/C21H28N2O3S/c1-15(17-8-12-19(13-9-17)23-27(5,25)26)20(24)22-14-16-6-10-18(11-7-16)21(2,3)4/h6-13,15,23H,14H2,1-5H3,(H,22,24). The van der Waals surface area contributed by atoms with Crippen molar-refractivity contribution in [2.45, 2.75) is 45.6 Å². The second-order valence-corrected chi connectivity index (χ2v) is 9.63. The molecule has 1 atom stereocenters. The topological polar surface area (TPSA) is 75.3 Å². The summed E-state index contributed by atoms with van der Waals surface area (Å²) in [6.07, 6.45) is 1.10. The van der Waals surface area contributed by atoms with Crippen molar-refractivity contribution < 1.29 is 13.2 Å². The Balaban J connectivity index is 1.95. The summed E-state index contributed by atoms with van der Waals surface area (Å²) in [5, 5.41) is 2.96. The van der Waals surface area contributed by atoms with E-state index in [0.717, 1.165) is 17.4 Å². The third-order valence-corrected chi connectivity index (χ3v) is 5.00. The molecule has 0 aliphatic heterocycles. The van der Waals surface area contributed by atoms with Crippen molar-refractivity contribution in [3.8, 4) is 0 Å². The van der Waals surface area contributed by atoms with Gasteiger partial charge in [-0.05, 0) is 41.2 Å². The lowest BCUT2D eigenvalue weighted by atomic mass is 9.87. The van der Waals surface area contributed by atoms with Crippen LogP contribution in [-0.4, -0.2) is 20.6 Å². The second-order valence-electron chi connectivity index (χ2n) is 7.88. The zero-order valence-corrected chi connectivity index (χ0v) is 17.4. The zero-order chi connectivity index (χ0) is 20.2. The summed E-state index contributed by atoms with van der Waals surface area (Å²) in [6, 6.07) is 15.1. The molecule has 5 nitrogen and oxygen atoms in total.